The standard InChI is InChI=1S/C23H15ClF4IN5O2/c1-10-19(20(23(26,27)28)33-34(10)9-11-2-4-12(29)5-3-11)32-22(36)14-7-18(21(30)35)31-17-8-16(25)15(24)6-13(14)17/h2-8H,9H2,1H3,(H2,30,35)(H,32,36). The third kappa shape index (κ3) is 5.14. The van der Waals surface area contributed by atoms with Crippen molar-refractivity contribution in [3.05, 3.63) is 85.1 Å². The van der Waals surface area contributed by atoms with Gasteiger partial charge in [0.15, 0.2) is 5.69 Å². The first-order valence-corrected chi connectivity index (χ1v) is 11.6. The fourth-order valence-electron chi connectivity index (χ4n) is 3.53. The lowest BCUT2D eigenvalue weighted by Crippen LogP contribution is -2.19. The van der Waals surface area contributed by atoms with Gasteiger partial charge in [0, 0.05) is 15.0 Å². The van der Waals surface area contributed by atoms with Gasteiger partial charge in [-0.2, -0.15) is 18.3 Å². The molecule has 7 nitrogen and oxygen atoms in total. The minimum Gasteiger partial charge on any atom is -0.364 e. The van der Waals surface area contributed by atoms with Crippen molar-refractivity contribution in [3.63, 3.8) is 0 Å². The summed E-state index contributed by atoms with van der Waals surface area (Å²) in [5, 5.41) is 5.62. The van der Waals surface area contributed by atoms with Crippen LogP contribution in [0.2, 0.25) is 5.02 Å². The maximum absolute atomic E-state index is 14.0. The van der Waals surface area contributed by atoms with E-state index in [4.69, 9.17) is 17.3 Å². The van der Waals surface area contributed by atoms with E-state index in [0.29, 0.717) is 5.56 Å². The third-order valence-electron chi connectivity index (χ3n) is 5.31. The number of pyridine rings is 1. The Balaban J connectivity index is 1.80. The van der Waals surface area contributed by atoms with Gasteiger partial charge in [0.1, 0.15) is 11.5 Å². The fraction of sp³-hybridized carbons (Fsp3) is 0.130. The molecule has 0 atom stereocenters. The third-order valence-corrected chi connectivity index (χ3v) is 6.32. The fourth-order valence-corrected chi connectivity index (χ4v) is 4.05. The van der Waals surface area contributed by atoms with Crippen molar-refractivity contribution in [2.75, 3.05) is 5.32 Å². The molecular formula is C23H15ClF4IN5O2. The van der Waals surface area contributed by atoms with Gasteiger partial charge >= 0.3 is 6.18 Å². The molecule has 0 unspecified atom stereocenters. The van der Waals surface area contributed by atoms with Gasteiger partial charge in [0.05, 0.1) is 34.0 Å². The van der Waals surface area contributed by atoms with E-state index >= 15 is 0 Å². The number of hydrogen-bond acceptors (Lipinski definition) is 4. The summed E-state index contributed by atoms with van der Waals surface area (Å²) in [6.07, 6.45) is -4.88. The van der Waals surface area contributed by atoms with Crippen LogP contribution in [0, 0.1) is 16.3 Å². The Morgan fingerprint density at radius 1 is 1.17 bits per heavy atom. The second-order valence-corrected chi connectivity index (χ2v) is 9.40. The highest BCUT2D eigenvalue weighted by Crippen LogP contribution is 2.37. The second-order valence-electron chi connectivity index (χ2n) is 7.75. The molecule has 0 aliphatic rings. The summed E-state index contributed by atoms with van der Waals surface area (Å²) in [4.78, 5) is 28.8. The smallest absolute Gasteiger partial charge is 0.364 e. The van der Waals surface area contributed by atoms with Crippen molar-refractivity contribution < 1.29 is 27.2 Å². The number of nitrogens with two attached hydrogens (primary N) is 1. The molecule has 0 aliphatic carbocycles. The molecule has 0 aliphatic heterocycles. The van der Waals surface area contributed by atoms with Crippen molar-refractivity contribution in [1.29, 1.82) is 0 Å². The Morgan fingerprint density at radius 2 is 1.83 bits per heavy atom. The van der Waals surface area contributed by atoms with Gasteiger partial charge < -0.3 is 11.1 Å². The largest absolute Gasteiger partial charge is 0.437 e. The maximum Gasteiger partial charge on any atom is 0.437 e. The van der Waals surface area contributed by atoms with E-state index in [-0.39, 0.29) is 39.4 Å². The number of hydrogen-bond donors (Lipinski definition) is 2. The summed E-state index contributed by atoms with van der Waals surface area (Å²) in [5.41, 5.74) is 3.40. The number of fused-ring (bicyclic) bond motifs is 1. The molecule has 3 N–H and O–H groups in total. The molecular weight excluding hydrogens is 617 g/mol. The molecule has 0 fully saturated rings. The topological polar surface area (TPSA) is 103 Å². The van der Waals surface area contributed by atoms with Gasteiger partial charge in [-0.05, 0) is 59.3 Å². The van der Waals surface area contributed by atoms with Gasteiger partial charge in [-0.25, -0.2) is 9.37 Å². The van der Waals surface area contributed by atoms with Crippen molar-refractivity contribution in [2.45, 2.75) is 19.6 Å². The number of halogens is 6. The van der Waals surface area contributed by atoms with E-state index in [1.807, 2.05) is 0 Å². The van der Waals surface area contributed by atoms with Crippen molar-refractivity contribution in [3.8, 4) is 0 Å². The van der Waals surface area contributed by atoms with Crippen LogP contribution in [0.1, 0.15) is 37.8 Å². The van der Waals surface area contributed by atoms with E-state index in [9.17, 15) is 27.2 Å². The molecule has 0 saturated carbocycles. The summed E-state index contributed by atoms with van der Waals surface area (Å²) in [6.45, 7) is 1.41. The number of amides is 2. The lowest BCUT2D eigenvalue weighted by molar-refractivity contribution is -0.140. The zero-order valence-electron chi connectivity index (χ0n) is 18.3. The van der Waals surface area contributed by atoms with Crippen LogP contribution in [0.15, 0.2) is 42.5 Å². The number of carbonyl (C=O) groups excluding carboxylic acids is 2. The Bertz CT molecular complexity index is 1520. The minimum absolute atomic E-state index is 0.0152. The van der Waals surface area contributed by atoms with Crippen molar-refractivity contribution >= 4 is 62.6 Å². The molecule has 186 valence electrons. The first-order chi connectivity index (χ1) is 16.8. The van der Waals surface area contributed by atoms with Crippen LogP contribution in [-0.4, -0.2) is 26.6 Å². The van der Waals surface area contributed by atoms with Crippen molar-refractivity contribution in [2.24, 2.45) is 5.73 Å². The van der Waals surface area contributed by atoms with Gasteiger partial charge in [-0.15, -0.1) is 0 Å². The van der Waals surface area contributed by atoms with Crippen LogP contribution < -0.4 is 11.1 Å². The second kappa shape index (κ2) is 9.65. The molecule has 2 amide bonds. The molecule has 36 heavy (non-hydrogen) atoms. The molecule has 0 radical (unpaired) electrons. The molecule has 2 aromatic heterocycles. The maximum atomic E-state index is 14.0. The van der Waals surface area contributed by atoms with Gasteiger partial charge in [-0.3, -0.25) is 14.3 Å². The molecule has 4 rings (SSSR count). The highest BCUT2D eigenvalue weighted by Gasteiger charge is 2.39. The number of carbonyl (C=O) groups is 2. The Morgan fingerprint density at radius 3 is 2.44 bits per heavy atom. The Labute approximate surface area is 219 Å². The number of primary amides is 1. The lowest BCUT2D eigenvalue weighted by Gasteiger charge is -2.12. The SMILES string of the molecule is Cc1c(NC(=O)c2cc(C(N)=O)nc3cc(F)c(Cl)cc23)c(C(F)(F)F)nn1Cc1ccc(I)cc1. The molecule has 0 bridgehead atoms. The van der Waals surface area contributed by atoms with Crippen LogP contribution in [0.4, 0.5) is 23.2 Å². The highest BCUT2D eigenvalue weighted by atomic mass is 127. The zero-order chi connectivity index (χ0) is 26.4. The average molecular weight is 632 g/mol. The summed E-state index contributed by atoms with van der Waals surface area (Å²) in [5.74, 6) is -2.90. The van der Waals surface area contributed by atoms with E-state index in [1.165, 1.54) is 6.92 Å². The van der Waals surface area contributed by atoms with Crippen LogP contribution in [0.25, 0.3) is 10.9 Å². The summed E-state index contributed by atoms with van der Waals surface area (Å²) in [7, 11) is 0. The van der Waals surface area contributed by atoms with Crippen molar-refractivity contribution in [1.82, 2.24) is 14.8 Å². The molecule has 0 saturated heterocycles. The summed E-state index contributed by atoms with van der Waals surface area (Å²) in [6, 6.07) is 10.1. The highest BCUT2D eigenvalue weighted by molar-refractivity contribution is 14.1. The predicted molar refractivity (Wildman–Crippen MR) is 133 cm³/mol. The number of benzene rings is 2. The predicted octanol–water partition coefficient (Wildman–Crippen LogP) is 5.56. The normalized spacial score (nSPS) is 11.6. The average Bonchev–Trinajstić information content (AvgIpc) is 3.10. The number of anilines is 1. The minimum atomic E-state index is -4.88. The van der Waals surface area contributed by atoms with E-state index in [1.54, 1.807) is 24.3 Å². The molecule has 4 aromatic rings. The zero-order valence-corrected chi connectivity index (χ0v) is 21.2. The quantitative estimate of drug-likeness (QED) is 0.223. The number of alkyl halides is 3. The summed E-state index contributed by atoms with van der Waals surface area (Å²) < 4.78 is 57.6. The van der Waals surface area contributed by atoms with E-state index in [2.05, 4.69) is 38.0 Å². The monoisotopic (exact) mass is 631 g/mol. The molecule has 0 spiro atoms. The van der Waals surface area contributed by atoms with Crippen LogP contribution in [0.5, 0.6) is 0 Å². The number of nitrogens with zero attached hydrogens (tertiary/aromatic N) is 3. The van der Waals surface area contributed by atoms with Crippen LogP contribution in [-0.2, 0) is 12.7 Å². The number of rotatable bonds is 5. The summed E-state index contributed by atoms with van der Waals surface area (Å²) >= 11 is 7.95. The Kier molecular flexibility index (Phi) is 6.92. The number of aromatic nitrogens is 3. The van der Waals surface area contributed by atoms with Gasteiger partial charge in [0.25, 0.3) is 11.8 Å². The molecule has 13 heteroatoms. The van der Waals surface area contributed by atoms with Gasteiger partial charge in [-0.1, -0.05) is 23.7 Å². The van der Waals surface area contributed by atoms with Gasteiger partial charge in [0.2, 0.25) is 0 Å². The molecule has 2 heterocycles. The first-order valence-electron chi connectivity index (χ1n) is 10.1. The first kappa shape index (κ1) is 25.8. The molecule has 2 aromatic carbocycles. The Hall–Kier alpha value is -3.26. The van der Waals surface area contributed by atoms with E-state index in [0.717, 1.165) is 26.5 Å². The van der Waals surface area contributed by atoms with E-state index < -0.39 is 35.2 Å². The van der Waals surface area contributed by atoms with Crippen LogP contribution >= 0.6 is 34.2 Å². The number of nitrogens with one attached hydrogen (secondary N) is 1. The van der Waals surface area contributed by atoms with Crippen LogP contribution in [0.3, 0.4) is 0 Å². The lowest BCUT2D eigenvalue weighted by atomic mass is 10.1.